The van der Waals surface area contributed by atoms with Gasteiger partial charge in [0.05, 0.1) is 19.8 Å². The van der Waals surface area contributed by atoms with Crippen LogP contribution >= 0.6 is 0 Å². The molecule has 0 rings (SSSR count). The molecule has 0 aromatic heterocycles. The summed E-state index contributed by atoms with van der Waals surface area (Å²) >= 11 is 0. The maximum absolute atomic E-state index is 11.0. The highest BCUT2D eigenvalue weighted by Crippen LogP contribution is 2.00. The number of rotatable bonds is 10. The summed E-state index contributed by atoms with van der Waals surface area (Å²) in [5, 5.41) is 8.53. The fourth-order valence-corrected chi connectivity index (χ4v) is 0.897. The zero-order valence-electron chi connectivity index (χ0n) is 9.68. The standard InChI is InChI=1S/C11H20O5/c1-3-5-7-15-11(9-14-8-6-12)16-10(13)4-2/h4,11-12H,2-3,5-9H2,1H3. The van der Waals surface area contributed by atoms with E-state index in [9.17, 15) is 4.79 Å². The number of carbonyl (C=O) groups excluding carboxylic acids is 1. The van der Waals surface area contributed by atoms with Crippen LogP contribution in [0.4, 0.5) is 0 Å². The molecule has 0 aromatic rings. The lowest BCUT2D eigenvalue weighted by Crippen LogP contribution is -2.27. The average molecular weight is 232 g/mol. The molecule has 0 heterocycles. The number of ether oxygens (including phenoxy) is 3. The van der Waals surface area contributed by atoms with Gasteiger partial charge in [-0.15, -0.1) is 0 Å². The van der Waals surface area contributed by atoms with E-state index < -0.39 is 12.3 Å². The predicted molar refractivity (Wildman–Crippen MR) is 58.8 cm³/mol. The molecule has 0 aliphatic carbocycles. The van der Waals surface area contributed by atoms with Crippen LogP contribution in [0.3, 0.4) is 0 Å². The summed E-state index contributed by atoms with van der Waals surface area (Å²) in [7, 11) is 0. The van der Waals surface area contributed by atoms with E-state index in [4.69, 9.17) is 19.3 Å². The molecule has 1 atom stereocenters. The van der Waals surface area contributed by atoms with Gasteiger partial charge in [-0.25, -0.2) is 4.79 Å². The van der Waals surface area contributed by atoms with Crippen LogP contribution in [0.5, 0.6) is 0 Å². The number of esters is 1. The van der Waals surface area contributed by atoms with Gasteiger partial charge in [0.25, 0.3) is 0 Å². The molecule has 94 valence electrons. The van der Waals surface area contributed by atoms with Crippen LogP contribution in [0.25, 0.3) is 0 Å². The Labute approximate surface area is 96.0 Å². The highest BCUT2D eigenvalue weighted by molar-refractivity contribution is 5.81. The highest BCUT2D eigenvalue weighted by atomic mass is 16.7. The Bertz CT molecular complexity index is 183. The molecule has 0 radical (unpaired) electrons. The second-order valence-corrected chi connectivity index (χ2v) is 3.09. The van der Waals surface area contributed by atoms with E-state index in [0.29, 0.717) is 6.61 Å². The monoisotopic (exact) mass is 232 g/mol. The van der Waals surface area contributed by atoms with Gasteiger partial charge < -0.3 is 19.3 Å². The zero-order valence-corrected chi connectivity index (χ0v) is 9.68. The predicted octanol–water partition coefficient (Wildman–Crippen LogP) is 0.867. The van der Waals surface area contributed by atoms with Crippen molar-refractivity contribution in [2.24, 2.45) is 0 Å². The third-order valence-corrected chi connectivity index (χ3v) is 1.71. The summed E-state index contributed by atoms with van der Waals surface area (Å²) in [6.45, 7) is 6.08. The summed E-state index contributed by atoms with van der Waals surface area (Å²) in [6, 6.07) is 0. The number of aliphatic hydroxyl groups is 1. The first-order valence-electron chi connectivity index (χ1n) is 5.37. The molecule has 0 saturated carbocycles. The second-order valence-electron chi connectivity index (χ2n) is 3.09. The molecule has 0 aliphatic heterocycles. The molecule has 0 aliphatic rings. The first kappa shape index (κ1) is 15.1. The molecule has 0 spiro atoms. The minimum Gasteiger partial charge on any atom is -0.430 e. The van der Waals surface area contributed by atoms with Crippen molar-refractivity contribution >= 4 is 5.97 Å². The Kier molecular flexibility index (Phi) is 10.00. The largest absolute Gasteiger partial charge is 0.430 e. The lowest BCUT2D eigenvalue weighted by Gasteiger charge is -2.17. The number of hydrogen-bond donors (Lipinski definition) is 1. The van der Waals surface area contributed by atoms with Gasteiger partial charge in [-0.2, -0.15) is 0 Å². The topological polar surface area (TPSA) is 65.0 Å². The van der Waals surface area contributed by atoms with Crippen LogP contribution in [0.1, 0.15) is 19.8 Å². The zero-order chi connectivity index (χ0) is 12.2. The quantitative estimate of drug-likeness (QED) is 0.262. The van der Waals surface area contributed by atoms with E-state index in [0.717, 1.165) is 18.9 Å². The minimum atomic E-state index is -0.733. The lowest BCUT2D eigenvalue weighted by atomic mass is 10.4. The maximum atomic E-state index is 11.0. The Balaban J connectivity index is 3.84. The van der Waals surface area contributed by atoms with E-state index in [-0.39, 0.29) is 19.8 Å². The summed E-state index contributed by atoms with van der Waals surface area (Å²) in [5.41, 5.74) is 0. The SMILES string of the molecule is C=CC(=O)OC(COCCO)OCCCC. The Hall–Kier alpha value is -0.910. The molecule has 0 bridgehead atoms. The van der Waals surface area contributed by atoms with Crippen LogP contribution in [0.15, 0.2) is 12.7 Å². The van der Waals surface area contributed by atoms with Gasteiger partial charge in [-0.05, 0) is 6.42 Å². The fraction of sp³-hybridized carbons (Fsp3) is 0.727. The van der Waals surface area contributed by atoms with Crippen LogP contribution in [0.2, 0.25) is 0 Å². The van der Waals surface area contributed by atoms with Crippen molar-refractivity contribution in [1.82, 2.24) is 0 Å². The van der Waals surface area contributed by atoms with Crippen LogP contribution in [0, 0.1) is 0 Å². The number of unbranched alkanes of at least 4 members (excludes halogenated alkanes) is 1. The third-order valence-electron chi connectivity index (χ3n) is 1.71. The Morgan fingerprint density at radius 3 is 2.81 bits per heavy atom. The van der Waals surface area contributed by atoms with Crippen LogP contribution < -0.4 is 0 Å². The fourth-order valence-electron chi connectivity index (χ4n) is 0.897. The summed E-state index contributed by atoms with van der Waals surface area (Å²) < 4.78 is 15.2. The molecular formula is C11H20O5. The van der Waals surface area contributed by atoms with Crippen molar-refractivity contribution < 1.29 is 24.1 Å². The molecule has 0 aromatic carbocycles. The Morgan fingerprint density at radius 1 is 1.50 bits per heavy atom. The highest BCUT2D eigenvalue weighted by Gasteiger charge is 2.12. The van der Waals surface area contributed by atoms with E-state index in [1.807, 2.05) is 6.92 Å². The molecule has 1 unspecified atom stereocenters. The second kappa shape index (κ2) is 10.6. The van der Waals surface area contributed by atoms with Gasteiger partial charge in [0.15, 0.2) is 0 Å². The van der Waals surface area contributed by atoms with Crippen molar-refractivity contribution in [3.05, 3.63) is 12.7 Å². The van der Waals surface area contributed by atoms with Crippen molar-refractivity contribution in [3.8, 4) is 0 Å². The maximum Gasteiger partial charge on any atom is 0.332 e. The lowest BCUT2D eigenvalue weighted by molar-refractivity contribution is -0.186. The van der Waals surface area contributed by atoms with E-state index in [1.165, 1.54) is 0 Å². The number of aliphatic hydroxyl groups excluding tert-OH is 1. The molecule has 0 saturated heterocycles. The molecule has 0 amide bonds. The van der Waals surface area contributed by atoms with Crippen LogP contribution in [-0.2, 0) is 19.0 Å². The molecule has 16 heavy (non-hydrogen) atoms. The summed E-state index contributed by atoms with van der Waals surface area (Å²) in [4.78, 5) is 11.0. The molecule has 0 fully saturated rings. The van der Waals surface area contributed by atoms with Gasteiger partial charge in [-0.1, -0.05) is 19.9 Å². The molecule has 1 N–H and O–H groups in total. The molecule has 5 heteroatoms. The number of hydrogen-bond acceptors (Lipinski definition) is 5. The third kappa shape index (κ3) is 8.40. The van der Waals surface area contributed by atoms with Gasteiger partial charge in [0.1, 0.15) is 6.61 Å². The van der Waals surface area contributed by atoms with Crippen molar-refractivity contribution in [2.75, 3.05) is 26.4 Å². The van der Waals surface area contributed by atoms with E-state index in [1.54, 1.807) is 0 Å². The van der Waals surface area contributed by atoms with Crippen molar-refractivity contribution in [3.63, 3.8) is 0 Å². The molecular weight excluding hydrogens is 212 g/mol. The normalized spacial score (nSPS) is 12.1. The van der Waals surface area contributed by atoms with Crippen molar-refractivity contribution in [2.45, 2.75) is 26.1 Å². The van der Waals surface area contributed by atoms with Gasteiger partial charge in [0, 0.05) is 6.08 Å². The van der Waals surface area contributed by atoms with Gasteiger partial charge in [-0.3, -0.25) is 0 Å². The number of carbonyl (C=O) groups is 1. The van der Waals surface area contributed by atoms with Gasteiger partial charge >= 0.3 is 5.97 Å². The Morgan fingerprint density at radius 2 is 2.25 bits per heavy atom. The average Bonchev–Trinajstić information content (AvgIpc) is 2.29. The summed E-state index contributed by atoms with van der Waals surface area (Å²) in [5.74, 6) is -0.547. The molecule has 5 nitrogen and oxygen atoms in total. The van der Waals surface area contributed by atoms with Crippen LogP contribution in [-0.4, -0.2) is 43.8 Å². The smallest absolute Gasteiger partial charge is 0.332 e. The van der Waals surface area contributed by atoms with Crippen molar-refractivity contribution in [1.29, 1.82) is 0 Å². The minimum absolute atomic E-state index is 0.0723. The van der Waals surface area contributed by atoms with Gasteiger partial charge in [0.2, 0.25) is 6.29 Å². The first-order chi connectivity index (χ1) is 7.74. The van der Waals surface area contributed by atoms with E-state index in [2.05, 4.69) is 6.58 Å². The van der Waals surface area contributed by atoms with E-state index >= 15 is 0 Å². The summed E-state index contributed by atoms with van der Waals surface area (Å²) in [6.07, 6.45) is 2.23. The first-order valence-corrected chi connectivity index (χ1v) is 5.37.